The van der Waals surface area contributed by atoms with Crippen LogP contribution in [-0.4, -0.2) is 44.8 Å². The maximum Gasteiger partial charge on any atom is 0.181 e. The molecular formula is C29H23N9O. The van der Waals surface area contributed by atoms with Crippen molar-refractivity contribution < 1.29 is 5.11 Å². The molecule has 7 aromatic rings. The Bertz CT molecular complexity index is 1940. The fourth-order valence-corrected chi connectivity index (χ4v) is 4.69. The number of imidazole rings is 2. The number of aromatic nitrogens is 8. The molecule has 190 valence electrons. The van der Waals surface area contributed by atoms with E-state index in [-0.39, 0.29) is 0 Å². The second-order valence-corrected chi connectivity index (χ2v) is 9.29. The van der Waals surface area contributed by atoms with Gasteiger partial charge in [0.1, 0.15) is 11.2 Å². The quantitative estimate of drug-likeness (QED) is 0.226. The van der Waals surface area contributed by atoms with Gasteiger partial charge >= 0.3 is 0 Å². The minimum absolute atomic E-state index is 0.585. The number of rotatable bonds is 6. The molecule has 0 aliphatic rings. The van der Waals surface area contributed by atoms with Gasteiger partial charge in [-0.2, -0.15) is 5.10 Å². The van der Waals surface area contributed by atoms with Gasteiger partial charge in [-0.05, 0) is 31.2 Å². The summed E-state index contributed by atoms with van der Waals surface area (Å²) in [6.45, 7) is 1.96. The van der Waals surface area contributed by atoms with Crippen LogP contribution in [0.25, 0.3) is 50.4 Å². The Balaban J connectivity index is 1.25. The maximum absolute atomic E-state index is 10.6. The molecule has 10 heteroatoms. The first-order valence-electron chi connectivity index (χ1n) is 12.4. The van der Waals surface area contributed by atoms with Gasteiger partial charge in [-0.15, -0.1) is 0 Å². The van der Waals surface area contributed by atoms with Gasteiger partial charge in [-0.3, -0.25) is 10.1 Å². The van der Waals surface area contributed by atoms with Gasteiger partial charge in [-0.1, -0.05) is 36.4 Å². The van der Waals surface area contributed by atoms with Crippen molar-refractivity contribution in [2.45, 2.75) is 13.2 Å². The molecule has 0 radical (unpaired) electrons. The Morgan fingerprint density at radius 2 is 1.82 bits per heavy atom. The number of hydrogen-bond donors (Lipinski definition) is 4. The molecule has 4 N–H and O–H groups in total. The van der Waals surface area contributed by atoms with Gasteiger partial charge in [0.25, 0.3) is 0 Å². The van der Waals surface area contributed by atoms with E-state index in [1.54, 1.807) is 24.9 Å². The lowest BCUT2D eigenvalue weighted by molar-refractivity contribution is 0.208. The molecule has 39 heavy (non-hydrogen) atoms. The first-order valence-corrected chi connectivity index (χ1v) is 12.4. The predicted octanol–water partition coefficient (Wildman–Crippen LogP) is 5.16. The second kappa shape index (κ2) is 9.19. The van der Waals surface area contributed by atoms with Crippen molar-refractivity contribution in [2.75, 3.05) is 5.32 Å². The van der Waals surface area contributed by atoms with Crippen LogP contribution in [0.2, 0.25) is 0 Å². The summed E-state index contributed by atoms with van der Waals surface area (Å²) in [5, 5.41) is 22.0. The summed E-state index contributed by atoms with van der Waals surface area (Å²) >= 11 is 0. The lowest BCUT2D eigenvalue weighted by Gasteiger charge is -2.15. The van der Waals surface area contributed by atoms with Crippen molar-refractivity contribution in [2.24, 2.45) is 0 Å². The van der Waals surface area contributed by atoms with E-state index in [0.29, 0.717) is 17.2 Å². The zero-order valence-corrected chi connectivity index (χ0v) is 20.9. The molecule has 0 amide bonds. The Labute approximate surface area is 222 Å². The minimum atomic E-state index is -0.853. The van der Waals surface area contributed by atoms with Crippen LogP contribution in [-0.2, 0) is 0 Å². The number of nitrogens with zero attached hydrogens (tertiary/aromatic N) is 6. The average molecular weight is 514 g/mol. The number of aryl methyl sites for hydroxylation is 1. The molecule has 1 unspecified atom stereocenters. The lowest BCUT2D eigenvalue weighted by atomic mass is 10.1. The number of anilines is 1. The summed E-state index contributed by atoms with van der Waals surface area (Å²) in [5.74, 6) is 0.662. The number of hydrogen-bond acceptors (Lipinski definition) is 7. The Morgan fingerprint density at radius 1 is 0.949 bits per heavy atom. The maximum atomic E-state index is 10.6. The van der Waals surface area contributed by atoms with E-state index in [1.165, 1.54) is 0 Å². The fourth-order valence-electron chi connectivity index (χ4n) is 4.69. The third kappa shape index (κ3) is 4.18. The van der Waals surface area contributed by atoms with Crippen LogP contribution in [0.4, 0.5) is 5.69 Å². The number of nitrogens with one attached hydrogen (secondary N) is 3. The smallest absolute Gasteiger partial charge is 0.181 e. The van der Waals surface area contributed by atoms with Crippen LogP contribution in [0.15, 0.2) is 91.8 Å². The van der Waals surface area contributed by atoms with Crippen LogP contribution in [0, 0.1) is 6.92 Å². The SMILES string of the molecule is Cc1cn(-c2cccc3[nH]c(-c4[nH]nc5ncc(-c6cncc(NC(O)c7ccccc7)c6)cc45)nc23)cn1. The predicted molar refractivity (Wildman–Crippen MR) is 149 cm³/mol. The highest BCUT2D eigenvalue weighted by Crippen LogP contribution is 2.31. The molecule has 0 aliphatic carbocycles. The van der Waals surface area contributed by atoms with E-state index in [4.69, 9.17) is 4.98 Å². The number of para-hydroxylation sites is 1. The third-order valence-corrected chi connectivity index (χ3v) is 6.62. The van der Waals surface area contributed by atoms with Gasteiger partial charge in [0.2, 0.25) is 0 Å². The highest BCUT2D eigenvalue weighted by molar-refractivity contribution is 5.94. The fraction of sp³-hybridized carbons (Fsp3) is 0.0690. The first kappa shape index (κ1) is 22.8. The van der Waals surface area contributed by atoms with E-state index in [1.807, 2.05) is 78.4 Å². The van der Waals surface area contributed by atoms with Gasteiger partial charge < -0.3 is 20.0 Å². The van der Waals surface area contributed by atoms with Crippen LogP contribution in [0.5, 0.6) is 0 Å². The highest BCUT2D eigenvalue weighted by atomic mass is 16.3. The molecule has 0 spiro atoms. The highest BCUT2D eigenvalue weighted by Gasteiger charge is 2.16. The number of pyridine rings is 2. The summed E-state index contributed by atoms with van der Waals surface area (Å²) in [6, 6.07) is 19.4. The summed E-state index contributed by atoms with van der Waals surface area (Å²) in [4.78, 5) is 21.6. The molecule has 0 saturated carbocycles. The molecule has 7 rings (SSSR count). The Kier molecular flexibility index (Phi) is 5.38. The number of fused-ring (bicyclic) bond motifs is 2. The molecule has 5 aromatic heterocycles. The number of benzene rings is 2. The summed E-state index contributed by atoms with van der Waals surface area (Å²) < 4.78 is 1.97. The van der Waals surface area contributed by atoms with E-state index >= 15 is 0 Å². The number of aromatic amines is 2. The number of aliphatic hydroxyl groups excluding tert-OH is 1. The van der Waals surface area contributed by atoms with Crippen LogP contribution >= 0.6 is 0 Å². The second-order valence-electron chi connectivity index (χ2n) is 9.29. The summed E-state index contributed by atoms with van der Waals surface area (Å²) in [6.07, 6.45) is 8.12. The van der Waals surface area contributed by atoms with Crippen LogP contribution in [0.1, 0.15) is 17.5 Å². The van der Waals surface area contributed by atoms with E-state index in [2.05, 4.69) is 35.5 Å². The molecule has 0 fully saturated rings. The van der Waals surface area contributed by atoms with E-state index in [0.717, 1.165) is 50.2 Å². The molecule has 0 bridgehead atoms. The third-order valence-electron chi connectivity index (χ3n) is 6.62. The van der Waals surface area contributed by atoms with Crippen molar-refractivity contribution in [3.8, 4) is 28.3 Å². The molecule has 2 aromatic carbocycles. The molecule has 10 nitrogen and oxygen atoms in total. The van der Waals surface area contributed by atoms with Gasteiger partial charge in [0.15, 0.2) is 17.7 Å². The van der Waals surface area contributed by atoms with Crippen LogP contribution in [0.3, 0.4) is 0 Å². The normalized spacial score (nSPS) is 12.3. The zero-order valence-electron chi connectivity index (χ0n) is 20.9. The van der Waals surface area contributed by atoms with Crippen molar-refractivity contribution in [1.82, 2.24) is 39.7 Å². The molecular weight excluding hydrogens is 490 g/mol. The molecule has 5 heterocycles. The first-order chi connectivity index (χ1) is 19.1. The van der Waals surface area contributed by atoms with Gasteiger partial charge in [0.05, 0.1) is 40.5 Å². The monoisotopic (exact) mass is 513 g/mol. The van der Waals surface area contributed by atoms with Crippen molar-refractivity contribution in [3.63, 3.8) is 0 Å². The van der Waals surface area contributed by atoms with Gasteiger partial charge in [0, 0.05) is 35.3 Å². The average Bonchev–Trinajstić information content (AvgIpc) is 3.71. The zero-order chi connectivity index (χ0) is 26.3. The van der Waals surface area contributed by atoms with E-state index < -0.39 is 6.23 Å². The number of H-pyrrole nitrogens is 2. The van der Waals surface area contributed by atoms with Gasteiger partial charge in [-0.25, -0.2) is 15.0 Å². The van der Waals surface area contributed by atoms with Crippen LogP contribution < -0.4 is 5.32 Å². The Hall–Kier alpha value is -5.35. The summed E-state index contributed by atoms with van der Waals surface area (Å²) in [5.41, 5.74) is 8.10. The largest absolute Gasteiger partial charge is 0.369 e. The van der Waals surface area contributed by atoms with Crippen molar-refractivity contribution in [1.29, 1.82) is 0 Å². The molecule has 1 atom stereocenters. The Morgan fingerprint density at radius 3 is 2.67 bits per heavy atom. The standard InChI is InChI=1S/C29H23N9O/c1-17-15-38(16-32-17)24-9-5-8-23-26(24)35-28(34-23)25-22-11-20(13-31-27(22)37-36-25)19-10-21(14-30-12-19)33-29(39)18-6-3-2-4-7-18/h2-16,29,33,39H,1H3,(H,34,35)(H,31,36,37). The summed E-state index contributed by atoms with van der Waals surface area (Å²) in [7, 11) is 0. The van der Waals surface area contributed by atoms with Crippen molar-refractivity contribution >= 4 is 27.8 Å². The minimum Gasteiger partial charge on any atom is -0.369 e. The molecule has 0 aliphatic heterocycles. The lowest BCUT2D eigenvalue weighted by Crippen LogP contribution is -2.09. The number of aliphatic hydroxyl groups is 1. The van der Waals surface area contributed by atoms with Crippen molar-refractivity contribution in [3.05, 3.63) is 103 Å². The van der Waals surface area contributed by atoms with E-state index in [9.17, 15) is 5.11 Å². The topological polar surface area (TPSA) is 133 Å². The molecule has 0 saturated heterocycles.